The highest BCUT2D eigenvalue weighted by Crippen LogP contribution is 2.28. The number of anilines is 2. The number of nitrogens with zero attached hydrogens (tertiary/aromatic N) is 2. The third-order valence-corrected chi connectivity index (χ3v) is 5.65. The van der Waals surface area contributed by atoms with Crippen molar-refractivity contribution in [2.24, 2.45) is 0 Å². The van der Waals surface area contributed by atoms with Crippen molar-refractivity contribution in [2.45, 2.75) is 46.7 Å². The van der Waals surface area contributed by atoms with Crippen molar-refractivity contribution in [1.82, 2.24) is 4.98 Å². The summed E-state index contributed by atoms with van der Waals surface area (Å²) in [6.45, 7) is 10.3. The molecule has 0 spiro atoms. The van der Waals surface area contributed by atoms with E-state index in [9.17, 15) is 9.59 Å². The maximum Gasteiger partial charge on any atom is 0.281 e. The average Bonchev–Trinajstić information content (AvgIpc) is 2.62. The number of amides is 1. The van der Waals surface area contributed by atoms with E-state index >= 15 is 0 Å². The lowest BCUT2D eigenvalue weighted by Crippen LogP contribution is -2.38. The fraction of sp³-hybridized carbons (Fsp3) is 0.318. The number of aromatic nitrogens is 1. The molecule has 0 bridgehead atoms. The van der Waals surface area contributed by atoms with Crippen molar-refractivity contribution in [2.75, 3.05) is 10.2 Å². The number of hydrogen-bond acceptors (Lipinski definition) is 5. The number of carbonyl (C=O) groups excluding carboxylic acids is 1. The molecule has 1 amide bonds. The Morgan fingerprint density at radius 3 is 2.39 bits per heavy atom. The summed E-state index contributed by atoms with van der Waals surface area (Å²) >= 11 is 1.49. The zero-order valence-electron chi connectivity index (χ0n) is 16.8. The van der Waals surface area contributed by atoms with Gasteiger partial charge in [0, 0.05) is 28.0 Å². The Labute approximate surface area is 169 Å². The van der Waals surface area contributed by atoms with Crippen LogP contribution in [0, 0.1) is 6.92 Å². The second-order valence-corrected chi connectivity index (χ2v) is 8.39. The topological polar surface area (TPSA) is 62.3 Å². The van der Waals surface area contributed by atoms with Crippen LogP contribution in [0.4, 0.5) is 10.8 Å². The number of fused-ring (bicyclic) bond motifs is 1. The Bertz CT molecular complexity index is 1060. The highest BCUT2D eigenvalue weighted by atomic mass is 32.1. The van der Waals surface area contributed by atoms with Crippen molar-refractivity contribution in [3.63, 3.8) is 0 Å². The summed E-state index contributed by atoms with van der Waals surface area (Å²) in [4.78, 5) is 31.7. The summed E-state index contributed by atoms with van der Waals surface area (Å²) in [7, 11) is 0. The minimum atomic E-state index is -0.276. The van der Waals surface area contributed by atoms with E-state index in [0.717, 1.165) is 15.4 Å². The van der Waals surface area contributed by atoms with Crippen LogP contribution < -0.4 is 15.8 Å². The van der Waals surface area contributed by atoms with Gasteiger partial charge in [-0.1, -0.05) is 29.5 Å². The molecule has 0 fully saturated rings. The maximum atomic E-state index is 12.7. The predicted octanol–water partition coefficient (Wildman–Crippen LogP) is 4.84. The van der Waals surface area contributed by atoms with Gasteiger partial charge in [-0.25, -0.2) is 0 Å². The monoisotopic (exact) mass is 395 g/mol. The third-order valence-electron chi connectivity index (χ3n) is 4.59. The molecule has 1 N–H and O–H groups in total. The molecular weight excluding hydrogens is 370 g/mol. The van der Waals surface area contributed by atoms with Crippen molar-refractivity contribution in [3.05, 3.63) is 63.9 Å². The lowest BCUT2D eigenvalue weighted by atomic mass is 10.1. The molecule has 0 aliphatic carbocycles. The molecule has 6 heteroatoms. The van der Waals surface area contributed by atoms with Gasteiger partial charge in [0.25, 0.3) is 11.5 Å². The second kappa shape index (κ2) is 8.10. The highest BCUT2D eigenvalue weighted by Gasteiger charge is 2.18. The van der Waals surface area contributed by atoms with E-state index in [1.54, 1.807) is 12.1 Å². The van der Waals surface area contributed by atoms with Crippen LogP contribution in [0.2, 0.25) is 0 Å². The van der Waals surface area contributed by atoms with Gasteiger partial charge >= 0.3 is 0 Å². The van der Waals surface area contributed by atoms with Crippen LogP contribution in [-0.2, 0) is 0 Å². The van der Waals surface area contributed by atoms with Crippen LogP contribution in [0.5, 0.6) is 0 Å². The molecule has 3 rings (SSSR count). The molecule has 0 aliphatic heterocycles. The fourth-order valence-corrected chi connectivity index (χ4v) is 4.55. The second-order valence-electron chi connectivity index (χ2n) is 7.38. The van der Waals surface area contributed by atoms with E-state index < -0.39 is 0 Å². The third kappa shape index (κ3) is 4.07. The lowest BCUT2D eigenvalue weighted by Gasteiger charge is -2.31. The quantitative estimate of drug-likeness (QED) is 0.671. The molecule has 0 unspecified atom stereocenters. The molecule has 146 valence electrons. The first-order chi connectivity index (χ1) is 13.3. The number of nitrogens with one attached hydrogen (secondary N) is 1. The Hall–Kier alpha value is -2.73. The predicted molar refractivity (Wildman–Crippen MR) is 118 cm³/mol. The first-order valence-electron chi connectivity index (χ1n) is 9.38. The first kappa shape index (κ1) is 20.0. The van der Waals surface area contributed by atoms with Crippen molar-refractivity contribution in [1.29, 1.82) is 0 Å². The van der Waals surface area contributed by atoms with E-state index in [1.165, 1.54) is 11.3 Å². The Morgan fingerprint density at radius 2 is 1.75 bits per heavy atom. The molecular formula is C22H25N3O2S. The van der Waals surface area contributed by atoms with Gasteiger partial charge in [-0.3, -0.25) is 9.59 Å². The van der Waals surface area contributed by atoms with E-state index in [2.05, 4.69) is 42.9 Å². The molecule has 5 nitrogen and oxygen atoms in total. The summed E-state index contributed by atoms with van der Waals surface area (Å²) in [6, 6.07) is 13.3. The van der Waals surface area contributed by atoms with Gasteiger partial charge < -0.3 is 10.2 Å². The van der Waals surface area contributed by atoms with Crippen LogP contribution >= 0.6 is 11.3 Å². The molecule has 1 heterocycles. The van der Waals surface area contributed by atoms with Crippen molar-refractivity contribution in [3.8, 4) is 0 Å². The van der Waals surface area contributed by atoms with Crippen molar-refractivity contribution < 1.29 is 4.79 Å². The maximum absolute atomic E-state index is 12.7. The Kier molecular flexibility index (Phi) is 5.79. The van der Waals surface area contributed by atoms with Crippen molar-refractivity contribution >= 4 is 38.1 Å². The van der Waals surface area contributed by atoms with Gasteiger partial charge in [-0.15, -0.1) is 0 Å². The van der Waals surface area contributed by atoms with Crippen LogP contribution in [-0.4, -0.2) is 23.0 Å². The fourth-order valence-electron chi connectivity index (χ4n) is 3.31. The zero-order valence-corrected chi connectivity index (χ0v) is 17.6. The van der Waals surface area contributed by atoms with Crippen LogP contribution in [0.1, 0.15) is 43.6 Å². The van der Waals surface area contributed by atoms with Crippen LogP contribution in [0.25, 0.3) is 10.1 Å². The summed E-state index contributed by atoms with van der Waals surface area (Å²) < 4.78 is 0.857. The number of benzene rings is 2. The number of aryl methyl sites for hydroxylation is 1. The largest absolute Gasteiger partial charge is 0.343 e. The molecule has 0 saturated heterocycles. The average molecular weight is 396 g/mol. The van der Waals surface area contributed by atoms with Crippen LogP contribution in [0.15, 0.2) is 47.3 Å². The lowest BCUT2D eigenvalue weighted by molar-refractivity contribution is 0.102. The van der Waals surface area contributed by atoms with E-state index in [0.29, 0.717) is 16.6 Å². The van der Waals surface area contributed by atoms with Gasteiger partial charge in [0.2, 0.25) is 0 Å². The van der Waals surface area contributed by atoms with E-state index in [-0.39, 0.29) is 23.6 Å². The smallest absolute Gasteiger partial charge is 0.281 e. The first-order valence-corrected chi connectivity index (χ1v) is 10.2. The number of rotatable bonds is 5. The van der Waals surface area contributed by atoms with Crippen LogP contribution in [0.3, 0.4) is 0 Å². The minimum absolute atomic E-state index is 0.191. The summed E-state index contributed by atoms with van der Waals surface area (Å²) in [5.74, 6) is -0.191. The number of carbonyl (C=O) groups is 1. The van der Waals surface area contributed by atoms with E-state index in [4.69, 9.17) is 0 Å². The van der Waals surface area contributed by atoms with Gasteiger partial charge in [0.05, 0.1) is 5.39 Å². The summed E-state index contributed by atoms with van der Waals surface area (Å²) in [6.07, 6.45) is 0. The van der Waals surface area contributed by atoms with Gasteiger partial charge in [0.15, 0.2) is 5.13 Å². The molecule has 0 aliphatic rings. The highest BCUT2D eigenvalue weighted by molar-refractivity contribution is 7.21. The summed E-state index contributed by atoms with van der Waals surface area (Å²) in [5.41, 5.74) is 1.83. The molecule has 1 aromatic heterocycles. The minimum Gasteiger partial charge on any atom is -0.343 e. The molecule has 0 radical (unpaired) electrons. The molecule has 0 saturated carbocycles. The van der Waals surface area contributed by atoms with E-state index in [1.807, 2.05) is 37.3 Å². The normalized spacial score (nSPS) is 11.2. The summed E-state index contributed by atoms with van der Waals surface area (Å²) in [5, 5.41) is 4.12. The van der Waals surface area contributed by atoms with Gasteiger partial charge in [-0.2, -0.15) is 4.98 Å². The molecule has 3 aromatic rings. The molecule has 2 aromatic carbocycles. The Morgan fingerprint density at radius 1 is 1.07 bits per heavy atom. The standard InChI is InChI=1S/C22H25N3O2S/c1-13(2)25(14(3)4)22-24-21(27)18-12-16(10-11-19(18)28-22)23-20(26)17-9-7-6-8-15(17)5/h6-14H,1-5H3,(H,23,26). The van der Waals surface area contributed by atoms with Gasteiger partial charge in [-0.05, 0) is 64.4 Å². The molecule has 0 atom stereocenters. The zero-order chi connectivity index (χ0) is 20.4. The molecule has 28 heavy (non-hydrogen) atoms. The number of hydrogen-bond donors (Lipinski definition) is 1. The SMILES string of the molecule is Cc1ccccc1C(=O)Nc1ccc2sc(N(C(C)C)C(C)C)nc(=O)c2c1. The van der Waals surface area contributed by atoms with Gasteiger partial charge in [0.1, 0.15) is 0 Å². The Balaban J connectivity index is 1.95.